The molecule has 2 rings (SSSR count). The van der Waals surface area contributed by atoms with Crippen LogP contribution in [0, 0.1) is 6.92 Å². The normalized spacial score (nSPS) is 19.7. The number of carbonyl (C=O) groups is 1. The van der Waals surface area contributed by atoms with E-state index in [4.69, 9.17) is 0 Å². The van der Waals surface area contributed by atoms with E-state index in [0.717, 1.165) is 31.5 Å². The summed E-state index contributed by atoms with van der Waals surface area (Å²) in [5.41, 5.74) is 1.96. The van der Waals surface area contributed by atoms with Crippen LogP contribution in [-0.2, 0) is 0 Å². The number of carbonyl (C=O) groups excluding carboxylic acids is 1. The molecule has 1 heterocycles. The Hall–Kier alpha value is -1.55. The number of aliphatic hydroxyl groups is 1. The summed E-state index contributed by atoms with van der Waals surface area (Å²) in [5.74, 6) is 0. The molecule has 1 atom stereocenters. The van der Waals surface area contributed by atoms with Crippen LogP contribution in [0.25, 0.3) is 0 Å². The molecule has 1 aromatic rings. The number of hydrogen-bond acceptors (Lipinski definition) is 2. The summed E-state index contributed by atoms with van der Waals surface area (Å²) in [6.07, 6.45) is 2.98. The van der Waals surface area contributed by atoms with Crippen LogP contribution in [-0.4, -0.2) is 35.2 Å². The van der Waals surface area contributed by atoms with Crippen LogP contribution < -0.4 is 5.32 Å². The number of aryl methyl sites for hydroxylation is 1. The second kappa shape index (κ2) is 5.87. The quantitative estimate of drug-likeness (QED) is 0.844. The summed E-state index contributed by atoms with van der Waals surface area (Å²) in [6.45, 7) is 2.78. The maximum Gasteiger partial charge on any atom is 0.322 e. The van der Waals surface area contributed by atoms with E-state index >= 15 is 0 Å². The van der Waals surface area contributed by atoms with Crippen LogP contribution >= 0.6 is 0 Å². The van der Waals surface area contributed by atoms with E-state index in [0.29, 0.717) is 0 Å². The van der Waals surface area contributed by atoms with Gasteiger partial charge in [0.05, 0.1) is 12.6 Å². The molecule has 2 amide bonds. The number of aliphatic hydroxyl groups excluding tert-OH is 1. The molecule has 1 saturated heterocycles. The number of nitrogens with one attached hydrogen (secondary N) is 1. The van der Waals surface area contributed by atoms with Crippen molar-refractivity contribution in [1.29, 1.82) is 0 Å². The number of urea groups is 1. The van der Waals surface area contributed by atoms with Gasteiger partial charge in [0.2, 0.25) is 0 Å². The van der Waals surface area contributed by atoms with Crippen molar-refractivity contribution in [3.8, 4) is 0 Å². The highest BCUT2D eigenvalue weighted by atomic mass is 16.3. The minimum atomic E-state index is -0.113. The van der Waals surface area contributed by atoms with E-state index < -0.39 is 0 Å². The molecular weight excluding hydrogens is 228 g/mol. The first kappa shape index (κ1) is 12.9. The number of benzene rings is 1. The first-order valence-corrected chi connectivity index (χ1v) is 6.46. The van der Waals surface area contributed by atoms with Gasteiger partial charge < -0.3 is 15.3 Å². The highest BCUT2D eigenvalue weighted by molar-refractivity contribution is 5.89. The molecule has 1 aromatic carbocycles. The fourth-order valence-electron chi connectivity index (χ4n) is 2.29. The Morgan fingerprint density at radius 3 is 2.78 bits per heavy atom. The molecule has 98 valence electrons. The minimum Gasteiger partial charge on any atom is -0.394 e. The topological polar surface area (TPSA) is 52.6 Å². The summed E-state index contributed by atoms with van der Waals surface area (Å²) in [5, 5.41) is 12.2. The van der Waals surface area contributed by atoms with E-state index in [1.807, 2.05) is 31.2 Å². The monoisotopic (exact) mass is 248 g/mol. The second-order valence-electron chi connectivity index (χ2n) is 4.82. The van der Waals surface area contributed by atoms with Gasteiger partial charge in [-0.2, -0.15) is 0 Å². The SMILES string of the molecule is Cc1ccc(NC(=O)N2CCCCC2CO)cc1. The molecule has 0 radical (unpaired) electrons. The molecule has 0 aliphatic carbocycles. The average molecular weight is 248 g/mol. The Labute approximate surface area is 108 Å². The Balaban J connectivity index is 2.00. The molecule has 1 aliphatic heterocycles. The second-order valence-corrected chi connectivity index (χ2v) is 4.82. The predicted molar refractivity (Wildman–Crippen MR) is 71.6 cm³/mol. The van der Waals surface area contributed by atoms with Crippen molar-refractivity contribution in [2.45, 2.75) is 32.2 Å². The summed E-state index contributed by atoms with van der Waals surface area (Å²) >= 11 is 0. The van der Waals surface area contributed by atoms with Crippen molar-refractivity contribution in [2.75, 3.05) is 18.5 Å². The van der Waals surface area contributed by atoms with Crippen LogP contribution in [0.2, 0.25) is 0 Å². The molecule has 0 aromatic heterocycles. The number of likely N-dealkylation sites (tertiary alicyclic amines) is 1. The highest BCUT2D eigenvalue weighted by Gasteiger charge is 2.25. The van der Waals surface area contributed by atoms with Crippen LogP contribution in [0.15, 0.2) is 24.3 Å². The van der Waals surface area contributed by atoms with Crippen molar-refractivity contribution in [3.63, 3.8) is 0 Å². The molecule has 4 heteroatoms. The number of anilines is 1. The van der Waals surface area contributed by atoms with Gasteiger partial charge in [-0.05, 0) is 38.3 Å². The van der Waals surface area contributed by atoms with Gasteiger partial charge in [0, 0.05) is 12.2 Å². The van der Waals surface area contributed by atoms with Crippen LogP contribution in [0.1, 0.15) is 24.8 Å². The first-order chi connectivity index (χ1) is 8.70. The Morgan fingerprint density at radius 2 is 2.11 bits per heavy atom. The molecule has 0 saturated carbocycles. The van der Waals surface area contributed by atoms with Crippen LogP contribution in [0.4, 0.5) is 10.5 Å². The lowest BCUT2D eigenvalue weighted by Crippen LogP contribution is -2.47. The third-order valence-corrected chi connectivity index (χ3v) is 3.40. The van der Waals surface area contributed by atoms with E-state index in [1.54, 1.807) is 4.90 Å². The molecule has 18 heavy (non-hydrogen) atoms. The van der Waals surface area contributed by atoms with Crippen LogP contribution in [0.5, 0.6) is 0 Å². The van der Waals surface area contributed by atoms with E-state index in [-0.39, 0.29) is 18.7 Å². The molecule has 1 fully saturated rings. The van der Waals surface area contributed by atoms with Gasteiger partial charge in [-0.25, -0.2) is 4.79 Å². The van der Waals surface area contributed by atoms with Crippen molar-refractivity contribution < 1.29 is 9.90 Å². The molecular formula is C14H20N2O2. The van der Waals surface area contributed by atoms with Crippen molar-refractivity contribution in [3.05, 3.63) is 29.8 Å². The molecule has 1 unspecified atom stereocenters. The third kappa shape index (κ3) is 3.01. The zero-order valence-electron chi connectivity index (χ0n) is 10.7. The lowest BCUT2D eigenvalue weighted by Gasteiger charge is -2.34. The number of piperidine rings is 1. The maximum absolute atomic E-state index is 12.1. The molecule has 4 nitrogen and oxygen atoms in total. The fourth-order valence-corrected chi connectivity index (χ4v) is 2.29. The van der Waals surface area contributed by atoms with E-state index in [1.165, 1.54) is 5.56 Å². The van der Waals surface area contributed by atoms with E-state index in [2.05, 4.69) is 5.32 Å². The fraction of sp³-hybridized carbons (Fsp3) is 0.500. The third-order valence-electron chi connectivity index (χ3n) is 3.40. The molecule has 0 spiro atoms. The summed E-state index contributed by atoms with van der Waals surface area (Å²) in [7, 11) is 0. The van der Waals surface area contributed by atoms with Gasteiger partial charge in [0.1, 0.15) is 0 Å². The number of nitrogens with zero attached hydrogens (tertiary/aromatic N) is 1. The first-order valence-electron chi connectivity index (χ1n) is 6.46. The maximum atomic E-state index is 12.1. The van der Waals surface area contributed by atoms with E-state index in [9.17, 15) is 9.90 Å². The lowest BCUT2D eigenvalue weighted by molar-refractivity contribution is 0.115. The van der Waals surface area contributed by atoms with Gasteiger partial charge in [0.15, 0.2) is 0 Å². The predicted octanol–water partition coefficient (Wildman–Crippen LogP) is 2.37. The van der Waals surface area contributed by atoms with Gasteiger partial charge >= 0.3 is 6.03 Å². The van der Waals surface area contributed by atoms with Gasteiger partial charge in [-0.3, -0.25) is 0 Å². The molecule has 0 bridgehead atoms. The average Bonchev–Trinajstić information content (AvgIpc) is 2.41. The smallest absolute Gasteiger partial charge is 0.322 e. The van der Waals surface area contributed by atoms with Crippen molar-refractivity contribution in [2.24, 2.45) is 0 Å². The molecule has 2 N–H and O–H groups in total. The van der Waals surface area contributed by atoms with Gasteiger partial charge in [-0.1, -0.05) is 17.7 Å². The standard InChI is InChI=1S/C14H20N2O2/c1-11-5-7-12(8-6-11)15-14(18)16-9-3-2-4-13(16)10-17/h5-8,13,17H,2-4,9-10H2,1H3,(H,15,18). The number of rotatable bonds is 2. The number of hydrogen-bond donors (Lipinski definition) is 2. The van der Waals surface area contributed by atoms with Crippen LogP contribution in [0.3, 0.4) is 0 Å². The summed E-state index contributed by atoms with van der Waals surface area (Å²) < 4.78 is 0. The lowest BCUT2D eigenvalue weighted by atomic mass is 10.0. The Bertz CT molecular complexity index is 403. The molecule has 1 aliphatic rings. The van der Waals surface area contributed by atoms with Gasteiger partial charge in [0.25, 0.3) is 0 Å². The summed E-state index contributed by atoms with van der Waals surface area (Å²) in [6, 6.07) is 7.57. The van der Waals surface area contributed by atoms with Crippen molar-refractivity contribution >= 4 is 11.7 Å². The highest BCUT2D eigenvalue weighted by Crippen LogP contribution is 2.18. The summed E-state index contributed by atoms with van der Waals surface area (Å²) in [4.78, 5) is 13.9. The zero-order valence-corrected chi connectivity index (χ0v) is 10.7. The van der Waals surface area contributed by atoms with Crippen molar-refractivity contribution in [1.82, 2.24) is 4.90 Å². The zero-order chi connectivity index (χ0) is 13.0. The Morgan fingerprint density at radius 1 is 1.39 bits per heavy atom. The largest absolute Gasteiger partial charge is 0.394 e. The number of amides is 2. The Kier molecular flexibility index (Phi) is 4.20. The minimum absolute atomic E-state index is 0.0378. The van der Waals surface area contributed by atoms with Gasteiger partial charge in [-0.15, -0.1) is 0 Å².